The van der Waals surface area contributed by atoms with E-state index in [2.05, 4.69) is 0 Å². The lowest BCUT2D eigenvalue weighted by atomic mass is 10.2. The second-order valence-electron chi connectivity index (χ2n) is 3.63. The Kier molecular flexibility index (Phi) is 3.05. The molecule has 5 heteroatoms. The van der Waals surface area contributed by atoms with Crippen LogP contribution in [0, 0.1) is 0 Å². The molecule has 92 valence electrons. The number of para-hydroxylation sites is 2. The van der Waals surface area contributed by atoms with Crippen molar-refractivity contribution in [3.8, 4) is 17.2 Å². The van der Waals surface area contributed by atoms with Crippen molar-refractivity contribution in [2.45, 2.75) is 0 Å². The van der Waals surface area contributed by atoms with Gasteiger partial charge in [0.25, 0.3) is 0 Å². The molecule has 0 amide bonds. The third-order valence-electron chi connectivity index (χ3n) is 2.31. The zero-order chi connectivity index (χ0) is 13.1. The molecule has 0 bridgehead atoms. The predicted octanol–water partition coefficient (Wildman–Crippen LogP) is 1.90. The largest absolute Gasteiger partial charge is 0.507 e. The van der Waals surface area contributed by atoms with Crippen LogP contribution in [0.5, 0.6) is 17.2 Å². The Morgan fingerprint density at radius 2 is 1.78 bits per heavy atom. The summed E-state index contributed by atoms with van der Waals surface area (Å²) in [6.45, 7) is 0. The Hall–Kier alpha value is -2.69. The third kappa shape index (κ3) is 2.35. The molecule has 0 saturated carbocycles. The lowest BCUT2D eigenvalue weighted by Gasteiger charge is -2.07. The Bertz CT molecular complexity index is 595. The Balaban J connectivity index is 2.25. The van der Waals surface area contributed by atoms with Gasteiger partial charge in [0.05, 0.1) is 0 Å². The number of anilines is 1. The van der Waals surface area contributed by atoms with Gasteiger partial charge in [-0.2, -0.15) is 0 Å². The number of nitrogens with two attached hydrogens (primary N) is 1. The summed E-state index contributed by atoms with van der Waals surface area (Å²) < 4.78 is 4.96. The molecule has 0 spiro atoms. The third-order valence-corrected chi connectivity index (χ3v) is 2.31. The molecule has 5 nitrogen and oxygen atoms in total. The van der Waals surface area contributed by atoms with Crippen LogP contribution in [-0.2, 0) is 0 Å². The van der Waals surface area contributed by atoms with E-state index in [1.807, 2.05) is 0 Å². The van der Waals surface area contributed by atoms with E-state index >= 15 is 0 Å². The number of benzene rings is 2. The summed E-state index contributed by atoms with van der Waals surface area (Å²) >= 11 is 0. The van der Waals surface area contributed by atoms with Gasteiger partial charge in [0.15, 0.2) is 11.5 Å². The molecule has 2 aromatic carbocycles. The van der Waals surface area contributed by atoms with Crippen LogP contribution in [0.3, 0.4) is 0 Å². The molecule has 4 N–H and O–H groups in total. The van der Waals surface area contributed by atoms with Gasteiger partial charge in [-0.25, -0.2) is 4.79 Å². The number of phenols is 2. The van der Waals surface area contributed by atoms with Crippen molar-refractivity contribution in [3.63, 3.8) is 0 Å². The summed E-state index contributed by atoms with van der Waals surface area (Å²) in [7, 11) is 0. The molecule has 18 heavy (non-hydrogen) atoms. The smallest absolute Gasteiger partial charge is 0.347 e. The maximum Gasteiger partial charge on any atom is 0.347 e. The highest BCUT2D eigenvalue weighted by molar-refractivity contribution is 5.94. The molecule has 0 aromatic heterocycles. The van der Waals surface area contributed by atoms with Gasteiger partial charge >= 0.3 is 5.97 Å². The highest BCUT2D eigenvalue weighted by Crippen LogP contribution is 2.27. The van der Waals surface area contributed by atoms with Gasteiger partial charge in [-0.15, -0.1) is 0 Å². The van der Waals surface area contributed by atoms with Crippen LogP contribution in [0.25, 0.3) is 0 Å². The van der Waals surface area contributed by atoms with Crippen LogP contribution >= 0.6 is 0 Å². The molecule has 0 aliphatic carbocycles. The highest BCUT2D eigenvalue weighted by atomic mass is 16.5. The minimum Gasteiger partial charge on any atom is -0.507 e. The fourth-order valence-electron chi connectivity index (χ4n) is 1.42. The number of ether oxygens (including phenoxy) is 1. The summed E-state index contributed by atoms with van der Waals surface area (Å²) in [6.07, 6.45) is 0. The summed E-state index contributed by atoms with van der Waals surface area (Å²) in [6, 6.07) is 10.1. The van der Waals surface area contributed by atoms with Crippen LogP contribution < -0.4 is 10.5 Å². The molecular weight excluding hydrogens is 234 g/mol. The van der Waals surface area contributed by atoms with Gasteiger partial charge in [0.2, 0.25) is 0 Å². The first-order valence-electron chi connectivity index (χ1n) is 5.16. The average molecular weight is 245 g/mol. The second-order valence-corrected chi connectivity index (χ2v) is 3.63. The normalized spacial score (nSPS) is 10.0. The van der Waals surface area contributed by atoms with Gasteiger partial charge in [-0.3, -0.25) is 0 Å². The molecule has 2 aromatic rings. The van der Waals surface area contributed by atoms with E-state index in [-0.39, 0.29) is 22.8 Å². The lowest BCUT2D eigenvalue weighted by Crippen LogP contribution is -2.09. The molecule has 0 fully saturated rings. The number of hydrogen-bond acceptors (Lipinski definition) is 5. The minimum atomic E-state index is -0.769. The maximum atomic E-state index is 11.8. The van der Waals surface area contributed by atoms with Crippen molar-refractivity contribution >= 4 is 11.7 Å². The zero-order valence-corrected chi connectivity index (χ0v) is 9.33. The fraction of sp³-hybridized carbons (Fsp3) is 0. The van der Waals surface area contributed by atoms with Crippen molar-refractivity contribution in [2.75, 3.05) is 5.73 Å². The molecule has 0 radical (unpaired) electrons. The van der Waals surface area contributed by atoms with Gasteiger partial charge < -0.3 is 20.7 Å². The Labute approximate surface area is 103 Å². The number of carbonyl (C=O) groups excluding carboxylic acids is 1. The molecular formula is C13H11NO4. The van der Waals surface area contributed by atoms with Gasteiger partial charge in [-0.05, 0) is 24.3 Å². The maximum absolute atomic E-state index is 11.8. The average Bonchev–Trinajstić information content (AvgIpc) is 2.32. The first kappa shape index (κ1) is 11.8. The van der Waals surface area contributed by atoms with E-state index in [0.29, 0.717) is 5.69 Å². The lowest BCUT2D eigenvalue weighted by molar-refractivity contribution is 0.0726. The molecule has 0 saturated heterocycles. The number of nitrogen functional groups attached to an aromatic ring is 1. The monoisotopic (exact) mass is 245 g/mol. The van der Waals surface area contributed by atoms with Crippen molar-refractivity contribution in [1.29, 1.82) is 0 Å². The molecule has 0 aliphatic heterocycles. The SMILES string of the molecule is Nc1ccc(C(=O)Oc2ccccc2O)c(O)c1. The van der Waals surface area contributed by atoms with E-state index < -0.39 is 5.97 Å². The van der Waals surface area contributed by atoms with Crippen LogP contribution in [0.2, 0.25) is 0 Å². The van der Waals surface area contributed by atoms with E-state index in [1.165, 1.54) is 30.3 Å². The number of rotatable bonds is 2. The quantitative estimate of drug-likeness (QED) is 0.427. The zero-order valence-electron chi connectivity index (χ0n) is 9.33. The first-order valence-corrected chi connectivity index (χ1v) is 5.16. The van der Waals surface area contributed by atoms with Crippen LogP contribution in [0.1, 0.15) is 10.4 Å². The second kappa shape index (κ2) is 4.67. The van der Waals surface area contributed by atoms with E-state index in [4.69, 9.17) is 10.5 Å². The summed E-state index contributed by atoms with van der Waals surface area (Å²) in [4.78, 5) is 11.8. The molecule has 0 unspecified atom stereocenters. The van der Waals surface area contributed by atoms with E-state index in [9.17, 15) is 15.0 Å². The Morgan fingerprint density at radius 3 is 2.44 bits per heavy atom. The predicted molar refractivity (Wildman–Crippen MR) is 65.6 cm³/mol. The molecule has 0 aliphatic rings. The van der Waals surface area contributed by atoms with Crippen LogP contribution in [0.4, 0.5) is 5.69 Å². The number of aromatic hydroxyl groups is 2. The van der Waals surface area contributed by atoms with Crippen LogP contribution in [-0.4, -0.2) is 16.2 Å². The van der Waals surface area contributed by atoms with Crippen molar-refractivity contribution in [3.05, 3.63) is 48.0 Å². The molecule has 0 heterocycles. The number of hydrogen-bond donors (Lipinski definition) is 3. The van der Waals surface area contributed by atoms with Gasteiger partial charge in [0, 0.05) is 11.8 Å². The standard InChI is InChI=1S/C13H11NO4/c14-8-5-6-9(11(16)7-8)13(17)18-12-4-2-1-3-10(12)15/h1-7,15-16H,14H2. The van der Waals surface area contributed by atoms with Crippen LogP contribution in [0.15, 0.2) is 42.5 Å². The van der Waals surface area contributed by atoms with Crippen molar-refractivity contribution in [2.24, 2.45) is 0 Å². The number of phenolic OH excluding ortho intramolecular Hbond substituents is 2. The van der Waals surface area contributed by atoms with Gasteiger partial charge in [0.1, 0.15) is 11.3 Å². The van der Waals surface area contributed by atoms with Crippen molar-refractivity contribution < 1.29 is 19.7 Å². The number of esters is 1. The van der Waals surface area contributed by atoms with Gasteiger partial charge in [-0.1, -0.05) is 12.1 Å². The highest BCUT2D eigenvalue weighted by Gasteiger charge is 2.15. The van der Waals surface area contributed by atoms with E-state index in [0.717, 1.165) is 0 Å². The first-order chi connectivity index (χ1) is 8.58. The van der Waals surface area contributed by atoms with Crippen molar-refractivity contribution in [1.82, 2.24) is 0 Å². The molecule has 0 atom stereocenters. The summed E-state index contributed by atoms with van der Waals surface area (Å²) in [5, 5.41) is 19.0. The topological polar surface area (TPSA) is 92.8 Å². The molecule has 2 rings (SSSR count). The minimum absolute atomic E-state index is 0.0209. The summed E-state index contributed by atoms with van der Waals surface area (Å²) in [5.41, 5.74) is 5.77. The fourth-order valence-corrected chi connectivity index (χ4v) is 1.42. The summed E-state index contributed by atoms with van der Waals surface area (Å²) in [5.74, 6) is -1.16. The van der Waals surface area contributed by atoms with E-state index in [1.54, 1.807) is 12.1 Å². The number of carbonyl (C=O) groups is 1. The Morgan fingerprint density at radius 1 is 1.06 bits per heavy atom.